The van der Waals surface area contributed by atoms with E-state index < -0.39 is 5.41 Å². The van der Waals surface area contributed by atoms with Crippen molar-refractivity contribution in [3.63, 3.8) is 0 Å². The van der Waals surface area contributed by atoms with E-state index in [4.69, 9.17) is 8.83 Å². The number of rotatable bonds is 5. The summed E-state index contributed by atoms with van der Waals surface area (Å²) in [6.45, 7) is 0. The van der Waals surface area contributed by atoms with Crippen LogP contribution in [0.15, 0.2) is 233 Å². The van der Waals surface area contributed by atoms with Gasteiger partial charge in [0.25, 0.3) is 0 Å². The van der Waals surface area contributed by atoms with E-state index in [1.165, 1.54) is 44.5 Å². The Labute approximate surface area is 369 Å². The first-order valence-corrected chi connectivity index (χ1v) is 22.0. The largest absolute Gasteiger partial charge is 0.455 e. The maximum absolute atomic E-state index is 6.73. The van der Waals surface area contributed by atoms with Gasteiger partial charge in [-0.05, 0) is 80.9 Å². The van der Waals surface area contributed by atoms with Crippen LogP contribution in [0.25, 0.3) is 88.4 Å². The van der Waals surface area contributed by atoms with Crippen molar-refractivity contribution in [3.8, 4) is 44.5 Å². The molecule has 0 N–H and O–H groups in total. The molecule has 2 aliphatic rings. The van der Waals surface area contributed by atoms with Gasteiger partial charge in [0.2, 0.25) is 0 Å². The van der Waals surface area contributed by atoms with Crippen LogP contribution in [0.4, 0.5) is 17.1 Å². The highest BCUT2D eigenvalue weighted by Crippen LogP contribution is 2.65. The molecule has 2 heterocycles. The summed E-state index contributed by atoms with van der Waals surface area (Å²) in [6.07, 6.45) is 0. The molecule has 64 heavy (non-hydrogen) atoms. The molecule has 0 radical (unpaired) electrons. The van der Waals surface area contributed by atoms with E-state index >= 15 is 0 Å². The molecular formula is C61H37NO2. The molecule has 0 atom stereocenters. The van der Waals surface area contributed by atoms with E-state index in [1.54, 1.807) is 0 Å². The lowest BCUT2D eigenvalue weighted by Crippen LogP contribution is -2.26. The van der Waals surface area contributed by atoms with Crippen LogP contribution < -0.4 is 4.90 Å². The zero-order valence-corrected chi connectivity index (χ0v) is 34.6. The molecule has 0 amide bonds. The van der Waals surface area contributed by atoms with E-state index in [9.17, 15) is 0 Å². The van der Waals surface area contributed by atoms with Crippen LogP contribution in [0.5, 0.6) is 0 Å². The monoisotopic (exact) mass is 815 g/mol. The summed E-state index contributed by atoms with van der Waals surface area (Å²) in [5.41, 5.74) is 20.9. The minimum atomic E-state index is -0.477. The third-order valence-corrected chi connectivity index (χ3v) is 13.9. The molecule has 0 saturated carbocycles. The molecule has 1 spiro atoms. The van der Waals surface area contributed by atoms with E-state index in [2.05, 4.69) is 211 Å². The molecule has 0 aliphatic heterocycles. The number of furan rings is 2. The highest BCUT2D eigenvalue weighted by atomic mass is 16.3. The molecule has 2 aliphatic carbocycles. The molecule has 2 aromatic heterocycles. The van der Waals surface area contributed by atoms with Crippen molar-refractivity contribution in [2.45, 2.75) is 5.41 Å². The second-order valence-corrected chi connectivity index (χ2v) is 17.0. The average molecular weight is 816 g/mol. The van der Waals surface area contributed by atoms with Crippen molar-refractivity contribution < 1.29 is 8.83 Å². The summed E-state index contributed by atoms with van der Waals surface area (Å²) in [4.78, 5) is 2.48. The Morgan fingerprint density at radius 2 is 0.734 bits per heavy atom. The van der Waals surface area contributed by atoms with E-state index in [0.29, 0.717) is 0 Å². The third kappa shape index (κ3) is 4.70. The lowest BCUT2D eigenvalue weighted by Gasteiger charge is -2.32. The lowest BCUT2D eigenvalue weighted by molar-refractivity contribution is 0.669. The minimum Gasteiger partial charge on any atom is -0.455 e. The molecule has 14 rings (SSSR count). The van der Waals surface area contributed by atoms with E-state index in [-0.39, 0.29) is 0 Å². The fourth-order valence-electron chi connectivity index (χ4n) is 11.3. The normalized spacial score (nSPS) is 13.1. The second kappa shape index (κ2) is 13.3. The highest BCUT2D eigenvalue weighted by molar-refractivity contribution is 6.12. The zero-order chi connectivity index (χ0) is 41.9. The Morgan fingerprint density at radius 1 is 0.297 bits per heavy atom. The summed E-state index contributed by atoms with van der Waals surface area (Å²) < 4.78 is 13.3. The van der Waals surface area contributed by atoms with Crippen LogP contribution in [0.1, 0.15) is 22.3 Å². The minimum absolute atomic E-state index is 0.477. The number of nitrogens with zero attached hydrogens (tertiary/aromatic N) is 1. The summed E-state index contributed by atoms with van der Waals surface area (Å²) in [7, 11) is 0. The van der Waals surface area contributed by atoms with Crippen LogP contribution in [0, 0.1) is 0 Å². The number of hydrogen-bond acceptors (Lipinski definition) is 3. The molecule has 0 bridgehead atoms. The predicted octanol–water partition coefficient (Wildman–Crippen LogP) is 16.6. The van der Waals surface area contributed by atoms with Gasteiger partial charge in [-0.25, -0.2) is 0 Å². The molecule has 0 fully saturated rings. The van der Waals surface area contributed by atoms with Crippen LogP contribution in [-0.2, 0) is 5.41 Å². The van der Waals surface area contributed by atoms with Crippen molar-refractivity contribution in [2.24, 2.45) is 0 Å². The highest BCUT2D eigenvalue weighted by Gasteiger charge is 2.52. The molecule has 12 aromatic rings. The SMILES string of the molecule is c1ccc(N(c2ccc(-c3cccc4c3oc3ccccc34)cc2)c2cccc3c2-c2ccccc2C32c3ccccc3-c3ccccc32)c(-c2cccc3c2oc2ccccc23)c1. The fraction of sp³-hybridized carbons (Fsp3) is 0.0164. The first-order chi connectivity index (χ1) is 31.8. The van der Waals surface area contributed by atoms with Gasteiger partial charge in [0.15, 0.2) is 0 Å². The molecule has 3 nitrogen and oxygen atoms in total. The summed E-state index contributed by atoms with van der Waals surface area (Å²) >= 11 is 0. The van der Waals surface area contributed by atoms with Gasteiger partial charge in [0, 0.05) is 49.5 Å². The first kappa shape index (κ1) is 35.2. The standard InChI is InChI=1S/C61H37NO2/c1-7-26-50-41(16-1)42-17-2-8-27-51(42)61(50)52-28-9-3-21-49(52)58-53(61)29-15-31-55(58)62(39-36-34-38(35-37-39)40-22-13-24-47-44-19-5-11-32-56(44)63-59(40)47)54-30-10-4-18-43(54)46-23-14-25-48-45-20-6-12-33-57(45)64-60(46)48/h1-37H. The fourth-order valence-corrected chi connectivity index (χ4v) is 11.3. The van der Waals surface area contributed by atoms with Crippen LogP contribution >= 0.6 is 0 Å². The van der Waals surface area contributed by atoms with Crippen LogP contribution in [0.3, 0.4) is 0 Å². The Morgan fingerprint density at radius 3 is 1.39 bits per heavy atom. The van der Waals surface area contributed by atoms with Crippen LogP contribution in [-0.4, -0.2) is 0 Å². The van der Waals surface area contributed by atoms with Gasteiger partial charge in [-0.2, -0.15) is 0 Å². The number of benzene rings is 10. The van der Waals surface area contributed by atoms with E-state index in [0.717, 1.165) is 83.2 Å². The summed E-state index contributed by atoms with van der Waals surface area (Å²) in [5.74, 6) is 0. The molecule has 298 valence electrons. The van der Waals surface area contributed by atoms with Crippen molar-refractivity contribution in [2.75, 3.05) is 4.90 Å². The zero-order valence-electron chi connectivity index (χ0n) is 34.6. The van der Waals surface area contributed by atoms with Crippen molar-refractivity contribution >= 4 is 60.9 Å². The van der Waals surface area contributed by atoms with Gasteiger partial charge < -0.3 is 13.7 Å². The predicted molar refractivity (Wildman–Crippen MR) is 263 cm³/mol. The van der Waals surface area contributed by atoms with Crippen molar-refractivity contribution in [1.82, 2.24) is 0 Å². The van der Waals surface area contributed by atoms with Crippen molar-refractivity contribution in [1.29, 1.82) is 0 Å². The maximum atomic E-state index is 6.73. The van der Waals surface area contributed by atoms with Gasteiger partial charge in [-0.15, -0.1) is 0 Å². The second-order valence-electron chi connectivity index (χ2n) is 17.0. The number of para-hydroxylation sites is 5. The Hall–Kier alpha value is -8.40. The smallest absolute Gasteiger partial charge is 0.143 e. The van der Waals surface area contributed by atoms with Gasteiger partial charge in [0.1, 0.15) is 22.3 Å². The average Bonchev–Trinajstić information content (AvgIpc) is 4.10. The Kier molecular flexibility index (Phi) is 7.32. The lowest BCUT2D eigenvalue weighted by atomic mass is 9.70. The third-order valence-electron chi connectivity index (χ3n) is 13.9. The van der Waals surface area contributed by atoms with Gasteiger partial charge in [0.05, 0.1) is 16.8 Å². The Bertz CT molecular complexity index is 3820. The van der Waals surface area contributed by atoms with Gasteiger partial charge >= 0.3 is 0 Å². The summed E-state index contributed by atoms with van der Waals surface area (Å²) in [6, 6.07) is 81.5. The molecule has 10 aromatic carbocycles. The topological polar surface area (TPSA) is 29.5 Å². The van der Waals surface area contributed by atoms with E-state index in [1.807, 2.05) is 18.2 Å². The molecule has 3 heteroatoms. The molecule has 0 saturated heterocycles. The number of anilines is 3. The summed E-state index contributed by atoms with van der Waals surface area (Å²) in [5, 5.41) is 4.47. The maximum Gasteiger partial charge on any atom is 0.143 e. The Balaban J connectivity index is 1.04. The number of hydrogen-bond donors (Lipinski definition) is 0. The van der Waals surface area contributed by atoms with Gasteiger partial charge in [-0.3, -0.25) is 0 Å². The quantitative estimate of drug-likeness (QED) is 0.173. The molecule has 0 unspecified atom stereocenters. The number of fused-ring (bicyclic) bond motifs is 16. The van der Waals surface area contributed by atoms with Gasteiger partial charge in [-0.1, -0.05) is 188 Å². The van der Waals surface area contributed by atoms with Crippen molar-refractivity contribution in [3.05, 3.63) is 247 Å². The molecular weight excluding hydrogens is 779 g/mol. The van der Waals surface area contributed by atoms with Crippen LogP contribution in [0.2, 0.25) is 0 Å². The first-order valence-electron chi connectivity index (χ1n) is 22.0.